The van der Waals surface area contributed by atoms with Gasteiger partial charge in [-0.2, -0.15) is 0 Å². The molecule has 0 radical (unpaired) electrons. The van der Waals surface area contributed by atoms with Crippen LogP contribution in [0.4, 0.5) is 10.1 Å². The second-order valence-electron chi connectivity index (χ2n) is 10.2. The molecule has 2 saturated heterocycles. The van der Waals surface area contributed by atoms with Crippen molar-refractivity contribution in [2.45, 2.75) is 50.6 Å². The molecule has 2 fully saturated rings. The number of amides is 1. The summed E-state index contributed by atoms with van der Waals surface area (Å²) in [5.74, 6) is -1.03. The van der Waals surface area contributed by atoms with Gasteiger partial charge in [0.1, 0.15) is 5.82 Å². The number of likely N-dealkylation sites (tertiary alicyclic amines) is 1. The Hall–Kier alpha value is -2.03. The minimum Gasteiger partial charge on any atom is -0.504 e. The molecule has 0 aromatic heterocycles. The third-order valence-corrected chi connectivity index (χ3v) is 9.01. The van der Waals surface area contributed by atoms with Crippen LogP contribution in [0.15, 0.2) is 35.2 Å². The molecule has 184 valence electrons. The first-order valence-electron chi connectivity index (χ1n) is 11.0. The minimum absolute atomic E-state index is 0.0269. The Morgan fingerprint density at radius 1 is 1.09 bits per heavy atom. The Balaban J connectivity index is 1.64. The molecule has 1 N–H and O–H groups in total. The number of fused-ring (bicyclic) bond motifs is 2. The highest BCUT2D eigenvalue weighted by Gasteiger charge is 2.43. The number of halogens is 3. The zero-order valence-electron chi connectivity index (χ0n) is 19.2. The quantitative estimate of drug-likeness (QED) is 0.593. The molecule has 0 saturated carbocycles. The number of carbonyl (C=O) groups is 1. The van der Waals surface area contributed by atoms with Crippen LogP contribution in [0.2, 0.25) is 10.0 Å². The summed E-state index contributed by atoms with van der Waals surface area (Å²) in [6.07, 6.45) is 1.53. The fourth-order valence-electron chi connectivity index (χ4n) is 4.89. The number of rotatable bonds is 4. The number of aromatic hydroxyl groups is 1. The Morgan fingerprint density at radius 2 is 1.71 bits per heavy atom. The molecule has 2 heterocycles. The number of benzene rings is 2. The van der Waals surface area contributed by atoms with E-state index in [0.717, 1.165) is 18.9 Å². The summed E-state index contributed by atoms with van der Waals surface area (Å²) < 4.78 is 39.5. The van der Waals surface area contributed by atoms with Gasteiger partial charge in [-0.05, 0) is 48.6 Å². The summed E-state index contributed by atoms with van der Waals surface area (Å²) >= 11 is 12.4. The van der Waals surface area contributed by atoms with E-state index < -0.39 is 21.1 Å². The van der Waals surface area contributed by atoms with E-state index in [4.69, 9.17) is 23.2 Å². The maximum Gasteiger partial charge on any atom is 0.255 e. The van der Waals surface area contributed by atoms with Crippen LogP contribution < -0.4 is 4.90 Å². The summed E-state index contributed by atoms with van der Waals surface area (Å²) in [5.41, 5.74) is 0.146. The van der Waals surface area contributed by atoms with Crippen LogP contribution >= 0.6 is 23.2 Å². The number of sulfone groups is 1. The fourth-order valence-corrected chi connectivity index (χ4v) is 7.31. The lowest BCUT2D eigenvalue weighted by atomic mass is 10.0. The zero-order chi connectivity index (χ0) is 25.0. The van der Waals surface area contributed by atoms with Gasteiger partial charge in [0.15, 0.2) is 15.6 Å². The van der Waals surface area contributed by atoms with Crippen LogP contribution in [-0.4, -0.2) is 55.3 Å². The molecule has 0 aliphatic carbocycles. The van der Waals surface area contributed by atoms with Crippen LogP contribution in [0.3, 0.4) is 0 Å². The second kappa shape index (κ2) is 8.88. The smallest absolute Gasteiger partial charge is 0.255 e. The lowest BCUT2D eigenvalue weighted by Crippen LogP contribution is -2.55. The van der Waals surface area contributed by atoms with E-state index in [1.807, 2.05) is 25.7 Å². The Labute approximate surface area is 209 Å². The first-order valence-corrected chi connectivity index (χ1v) is 13.5. The standard InChI is InChI=1S/C24H27Cl2FN2O4S/c1-24(2,3)13-34(32,33)17-9-20(26)22(30)21(10-17)29-15-5-6-16(29)12-28(11-15)23(31)18-7-4-14(27)8-19(18)25/h4,7-10,15-16,30H,5-6,11-13H2,1-3H3. The van der Waals surface area contributed by atoms with Gasteiger partial charge in [0.2, 0.25) is 0 Å². The van der Waals surface area contributed by atoms with E-state index in [2.05, 4.69) is 0 Å². The van der Waals surface area contributed by atoms with Gasteiger partial charge in [0.05, 0.1) is 31.9 Å². The monoisotopic (exact) mass is 528 g/mol. The van der Waals surface area contributed by atoms with Gasteiger partial charge in [-0.15, -0.1) is 0 Å². The van der Waals surface area contributed by atoms with Crippen molar-refractivity contribution in [1.82, 2.24) is 4.90 Å². The van der Waals surface area contributed by atoms with Crippen molar-refractivity contribution in [3.63, 3.8) is 0 Å². The number of anilines is 1. The Bertz CT molecular complexity index is 1230. The number of nitrogens with zero attached hydrogens (tertiary/aromatic N) is 2. The average molecular weight is 529 g/mol. The molecule has 2 aliphatic heterocycles. The van der Waals surface area contributed by atoms with Crippen LogP contribution in [0.1, 0.15) is 44.0 Å². The first-order chi connectivity index (χ1) is 15.8. The van der Waals surface area contributed by atoms with Gasteiger partial charge in [0.25, 0.3) is 5.91 Å². The van der Waals surface area contributed by atoms with E-state index in [1.54, 1.807) is 4.90 Å². The maximum atomic E-state index is 13.4. The number of hydrogen-bond acceptors (Lipinski definition) is 5. The molecule has 2 unspecified atom stereocenters. The predicted octanol–water partition coefficient (Wildman–Crippen LogP) is 5.15. The topological polar surface area (TPSA) is 77.9 Å². The van der Waals surface area contributed by atoms with Crippen LogP contribution in [0, 0.1) is 11.2 Å². The van der Waals surface area contributed by atoms with E-state index in [9.17, 15) is 22.7 Å². The van der Waals surface area contributed by atoms with Gasteiger partial charge in [-0.1, -0.05) is 44.0 Å². The highest BCUT2D eigenvalue weighted by atomic mass is 35.5. The summed E-state index contributed by atoms with van der Waals surface area (Å²) in [5, 5.41) is 10.8. The van der Waals surface area contributed by atoms with E-state index in [0.29, 0.717) is 18.8 Å². The Morgan fingerprint density at radius 3 is 2.26 bits per heavy atom. The average Bonchev–Trinajstić information content (AvgIpc) is 2.96. The lowest BCUT2D eigenvalue weighted by molar-refractivity contribution is 0.0718. The molecular weight excluding hydrogens is 502 g/mol. The van der Waals surface area contributed by atoms with Crippen molar-refractivity contribution in [1.29, 1.82) is 0 Å². The third-order valence-electron chi connectivity index (χ3n) is 6.21. The van der Waals surface area contributed by atoms with Gasteiger partial charge >= 0.3 is 0 Å². The van der Waals surface area contributed by atoms with Gasteiger partial charge in [0, 0.05) is 25.2 Å². The van der Waals surface area contributed by atoms with Crippen LogP contribution in [0.5, 0.6) is 5.75 Å². The molecule has 2 atom stereocenters. The molecule has 4 rings (SSSR count). The van der Waals surface area contributed by atoms with Crippen molar-refractivity contribution >= 4 is 44.6 Å². The highest BCUT2D eigenvalue weighted by molar-refractivity contribution is 7.91. The molecular formula is C24H27Cl2FN2O4S. The number of hydrogen-bond donors (Lipinski definition) is 1. The van der Waals surface area contributed by atoms with Gasteiger partial charge in [-0.25, -0.2) is 12.8 Å². The van der Waals surface area contributed by atoms with E-state index >= 15 is 0 Å². The summed E-state index contributed by atoms with van der Waals surface area (Å²) in [6.45, 7) is 6.25. The number of piperazine rings is 1. The molecule has 34 heavy (non-hydrogen) atoms. The molecule has 2 aromatic rings. The zero-order valence-corrected chi connectivity index (χ0v) is 21.5. The maximum absolute atomic E-state index is 13.4. The predicted molar refractivity (Wildman–Crippen MR) is 131 cm³/mol. The van der Waals surface area contributed by atoms with E-state index in [1.165, 1.54) is 24.3 Å². The number of phenols is 1. The summed E-state index contributed by atoms with van der Waals surface area (Å²) in [6, 6.07) is 6.20. The molecule has 6 nitrogen and oxygen atoms in total. The third kappa shape index (κ3) is 4.86. The van der Waals surface area contributed by atoms with Crippen LogP contribution in [0.25, 0.3) is 0 Å². The van der Waals surface area contributed by atoms with Gasteiger partial charge in [-0.3, -0.25) is 4.79 Å². The molecule has 2 aliphatic rings. The SMILES string of the molecule is CC(C)(C)CS(=O)(=O)c1cc(Cl)c(O)c(N2C3CCC2CN(C(=O)c2ccc(F)cc2Cl)C3)c1. The van der Waals surface area contributed by atoms with Crippen molar-refractivity contribution in [3.8, 4) is 5.75 Å². The highest BCUT2D eigenvalue weighted by Crippen LogP contribution is 2.44. The normalized spacial score (nSPS) is 20.6. The molecule has 2 bridgehead atoms. The van der Waals surface area contributed by atoms with Crippen molar-refractivity contribution in [2.75, 3.05) is 23.7 Å². The number of phenolic OH excluding ortho intramolecular Hbond substituents is 1. The van der Waals surface area contributed by atoms with Gasteiger partial charge < -0.3 is 14.9 Å². The molecule has 1 amide bonds. The molecule has 2 aromatic carbocycles. The van der Waals surface area contributed by atoms with Crippen LogP contribution in [-0.2, 0) is 9.84 Å². The van der Waals surface area contributed by atoms with E-state index in [-0.39, 0.29) is 50.0 Å². The van der Waals surface area contributed by atoms with Crippen molar-refractivity contribution in [2.24, 2.45) is 5.41 Å². The lowest BCUT2D eigenvalue weighted by Gasteiger charge is -2.43. The summed E-state index contributed by atoms with van der Waals surface area (Å²) in [7, 11) is -3.63. The largest absolute Gasteiger partial charge is 0.504 e. The first kappa shape index (κ1) is 25.1. The number of carbonyl (C=O) groups excluding carboxylic acids is 1. The fraction of sp³-hybridized carbons (Fsp3) is 0.458. The second-order valence-corrected chi connectivity index (χ2v) is 13.0. The van der Waals surface area contributed by atoms with Crippen molar-refractivity contribution < 1.29 is 22.7 Å². The summed E-state index contributed by atoms with van der Waals surface area (Å²) in [4.78, 5) is 16.8. The minimum atomic E-state index is -3.63. The van der Waals surface area contributed by atoms with Crippen molar-refractivity contribution in [3.05, 3.63) is 51.8 Å². The Kier molecular flexibility index (Phi) is 6.55. The molecule has 0 spiro atoms. The molecule has 10 heteroatoms.